The summed E-state index contributed by atoms with van der Waals surface area (Å²) in [4.78, 5) is 15.7. The van der Waals surface area contributed by atoms with Crippen molar-refractivity contribution in [2.45, 2.75) is 11.9 Å². The number of ether oxygens (including phenoxy) is 1. The van der Waals surface area contributed by atoms with Crippen molar-refractivity contribution in [2.24, 2.45) is 4.99 Å². The number of aliphatic imine (C=N–C) groups is 1. The van der Waals surface area contributed by atoms with Gasteiger partial charge in [0, 0.05) is 29.1 Å². The Kier molecular flexibility index (Phi) is 4.03. The van der Waals surface area contributed by atoms with E-state index in [1.165, 1.54) is 18.0 Å². The Morgan fingerprint density at radius 3 is 3.11 bits per heavy atom. The molecule has 1 aliphatic heterocycles. The van der Waals surface area contributed by atoms with E-state index in [2.05, 4.69) is 10.3 Å². The number of nitrogens with one attached hydrogen (secondary N) is 1. The molecule has 6 nitrogen and oxygen atoms in total. The maximum absolute atomic E-state index is 11.5. The molecular weight excluding hydrogens is 254 g/mol. The first-order valence-corrected chi connectivity index (χ1v) is 6.40. The Bertz CT molecular complexity index is 490. The summed E-state index contributed by atoms with van der Waals surface area (Å²) in [5.41, 5.74) is 0.310. The molecule has 18 heavy (non-hydrogen) atoms. The average molecular weight is 268 g/mol. The molecule has 2 N–H and O–H groups in total. The van der Waals surface area contributed by atoms with Crippen LogP contribution < -0.4 is 10.0 Å². The number of thioether (sulfide) groups is 1. The van der Waals surface area contributed by atoms with Crippen molar-refractivity contribution in [3.8, 4) is 0 Å². The van der Waals surface area contributed by atoms with E-state index in [0.29, 0.717) is 17.2 Å². The topological polar surface area (TPSA) is 74.8 Å². The molecule has 0 fully saturated rings. The van der Waals surface area contributed by atoms with E-state index in [9.17, 15) is 10.0 Å². The Labute approximate surface area is 109 Å². The van der Waals surface area contributed by atoms with E-state index in [1.807, 2.05) is 0 Å². The minimum Gasteiger partial charge on any atom is -0.462 e. The van der Waals surface area contributed by atoms with Crippen molar-refractivity contribution >= 4 is 22.9 Å². The SMILES string of the molecule is CCOC(=O)c1ccc(SC2=NCCN2)[n+](O)c1. The molecular formula is C11H14N3O3S+. The number of amidine groups is 1. The van der Waals surface area contributed by atoms with Crippen LogP contribution in [0.2, 0.25) is 0 Å². The monoisotopic (exact) mass is 268 g/mol. The zero-order valence-electron chi connectivity index (χ0n) is 9.92. The van der Waals surface area contributed by atoms with E-state index in [0.717, 1.165) is 23.0 Å². The maximum atomic E-state index is 11.5. The van der Waals surface area contributed by atoms with E-state index in [-0.39, 0.29) is 0 Å². The van der Waals surface area contributed by atoms with Crippen LogP contribution >= 0.6 is 11.8 Å². The van der Waals surface area contributed by atoms with Gasteiger partial charge >= 0.3 is 5.97 Å². The molecule has 0 bridgehead atoms. The predicted octanol–water partition coefficient (Wildman–Crippen LogP) is 0.439. The standard InChI is InChI=1S/C11H14N3O3S/c1-2-17-10(15)8-3-4-9(14(16)7-8)18-11-12-5-6-13-11/h3-4,7,16H,2,5-6H2,1H3,(H,12,13)/q+1. The van der Waals surface area contributed by atoms with Gasteiger partial charge < -0.3 is 10.1 Å². The Morgan fingerprint density at radius 2 is 2.50 bits per heavy atom. The first kappa shape index (κ1) is 12.7. The van der Waals surface area contributed by atoms with E-state index >= 15 is 0 Å². The lowest BCUT2D eigenvalue weighted by atomic mass is 10.3. The largest absolute Gasteiger partial charge is 0.462 e. The van der Waals surface area contributed by atoms with Gasteiger partial charge in [0.1, 0.15) is 5.56 Å². The van der Waals surface area contributed by atoms with Crippen LogP contribution in [0.25, 0.3) is 0 Å². The highest BCUT2D eigenvalue weighted by Crippen LogP contribution is 2.16. The van der Waals surface area contributed by atoms with Gasteiger partial charge in [-0.05, 0) is 13.0 Å². The molecule has 0 saturated carbocycles. The molecule has 1 aromatic heterocycles. The molecule has 0 atom stereocenters. The fraction of sp³-hybridized carbons (Fsp3) is 0.364. The van der Waals surface area contributed by atoms with Crippen LogP contribution in [-0.2, 0) is 4.74 Å². The molecule has 0 aromatic carbocycles. The van der Waals surface area contributed by atoms with Crippen molar-refractivity contribution in [1.29, 1.82) is 0 Å². The summed E-state index contributed by atoms with van der Waals surface area (Å²) in [6.07, 6.45) is 1.33. The second-order valence-electron chi connectivity index (χ2n) is 3.54. The molecule has 2 rings (SSSR count). The normalized spacial score (nSPS) is 13.9. The zero-order valence-corrected chi connectivity index (χ0v) is 10.7. The smallest absolute Gasteiger partial charge is 0.344 e. The number of esters is 1. The molecule has 2 heterocycles. The van der Waals surface area contributed by atoms with Gasteiger partial charge in [0.05, 0.1) is 13.2 Å². The van der Waals surface area contributed by atoms with Gasteiger partial charge in [-0.2, -0.15) is 0 Å². The zero-order chi connectivity index (χ0) is 13.0. The van der Waals surface area contributed by atoms with Crippen molar-refractivity contribution in [2.75, 3.05) is 19.7 Å². The molecule has 0 aliphatic carbocycles. The first-order chi connectivity index (χ1) is 8.70. The fourth-order valence-corrected chi connectivity index (χ4v) is 2.25. The highest BCUT2D eigenvalue weighted by Gasteiger charge is 2.20. The first-order valence-electron chi connectivity index (χ1n) is 5.59. The number of rotatable bonds is 3. The molecule has 0 unspecified atom stereocenters. The van der Waals surface area contributed by atoms with Crippen LogP contribution in [0.4, 0.5) is 0 Å². The molecule has 0 spiro atoms. The van der Waals surface area contributed by atoms with Crippen molar-refractivity contribution in [3.05, 3.63) is 23.9 Å². The van der Waals surface area contributed by atoms with Crippen molar-refractivity contribution < 1.29 is 19.5 Å². The third-order valence-electron chi connectivity index (χ3n) is 2.25. The summed E-state index contributed by atoms with van der Waals surface area (Å²) in [5, 5.41) is 14.2. The van der Waals surface area contributed by atoms with Crippen molar-refractivity contribution in [1.82, 2.24) is 5.32 Å². The Hall–Kier alpha value is -1.76. The van der Waals surface area contributed by atoms with Gasteiger partial charge in [-0.3, -0.25) is 10.2 Å². The highest BCUT2D eigenvalue weighted by atomic mass is 32.2. The number of carbonyl (C=O) groups excluding carboxylic acids is 1. The van der Waals surface area contributed by atoms with Gasteiger partial charge in [-0.15, -0.1) is 0 Å². The van der Waals surface area contributed by atoms with Crippen LogP contribution in [-0.4, -0.2) is 36.0 Å². The van der Waals surface area contributed by atoms with Crippen molar-refractivity contribution in [3.63, 3.8) is 0 Å². The molecule has 0 amide bonds. The lowest BCUT2D eigenvalue weighted by Crippen LogP contribution is -2.34. The quantitative estimate of drug-likeness (QED) is 0.473. The second kappa shape index (κ2) is 5.72. The molecule has 1 aromatic rings. The summed E-state index contributed by atoms with van der Waals surface area (Å²) in [6.45, 7) is 3.60. The molecule has 0 saturated heterocycles. The van der Waals surface area contributed by atoms with Crippen LogP contribution in [0.1, 0.15) is 17.3 Å². The number of carbonyl (C=O) groups is 1. The second-order valence-corrected chi connectivity index (χ2v) is 4.55. The number of pyridine rings is 1. The van der Waals surface area contributed by atoms with E-state index < -0.39 is 5.97 Å². The van der Waals surface area contributed by atoms with Gasteiger partial charge in [0.2, 0.25) is 6.20 Å². The van der Waals surface area contributed by atoms with Crippen LogP contribution in [0.5, 0.6) is 0 Å². The average Bonchev–Trinajstić information content (AvgIpc) is 2.85. The Morgan fingerprint density at radius 1 is 1.67 bits per heavy atom. The van der Waals surface area contributed by atoms with Crippen LogP contribution in [0.15, 0.2) is 28.3 Å². The third kappa shape index (κ3) is 2.92. The summed E-state index contributed by atoms with van der Waals surface area (Å²) >= 11 is 1.31. The Balaban J connectivity index is 2.12. The third-order valence-corrected chi connectivity index (χ3v) is 3.25. The lowest BCUT2D eigenvalue weighted by molar-refractivity contribution is -0.932. The molecule has 1 aliphatic rings. The van der Waals surface area contributed by atoms with E-state index in [1.54, 1.807) is 19.1 Å². The van der Waals surface area contributed by atoms with Gasteiger partial charge in [0.25, 0.3) is 5.03 Å². The number of nitrogens with zero attached hydrogens (tertiary/aromatic N) is 2. The predicted molar refractivity (Wildman–Crippen MR) is 65.9 cm³/mol. The van der Waals surface area contributed by atoms with Crippen LogP contribution in [0, 0.1) is 0 Å². The molecule has 7 heteroatoms. The molecule has 96 valence electrons. The number of hydrogen-bond acceptors (Lipinski definition) is 6. The minimum absolute atomic E-state index is 0.307. The highest BCUT2D eigenvalue weighted by molar-refractivity contribution is 8.13. The van der Waals surface area contributed by atoms with Gasteiger partial charge in [0.15, 0.2) is 5.17 Å². The summed E-state index contributed by atoms with van der Waals surface area (Å²) < 4.78 is 5.75. The maximum Gasteiger partial charge on any atom is 0.344 e. The number of hydrogen-bond donors (Lipinski definition) is 2. The molecule has 0 radical (unpaired) electrons. The van der Waals surface area contributed by atoms with Crippen LogP contribution in [0.3, 0.4) is 0 Å². The lowest BCUT2D eigenvalue weighted by Gasteiger charge is -2.01. The summed E-state index contributed by atoms with van der Waals surface area (Å²) in [6, 6.07) is 3.27. The number of aromatic nitrogens is 1. The minimum atomic E-state index is -0.451. The fourth-order valence-electron chi connectivity index (χ4n) is 1.44. The van der Waals surface area contributed by atoms with Gasteiger partial charge in [-0.1, -0.05) is 0 Å². The summed E-state index contributed by atoms with van der Waals surface area (Å²) in [5.74, 6) is -0.451. The van der Waals surface area contributed by atoms with E-state index in [4.69, 9.17) is 4.74 Å². The summed E-state index contributed by atoms with van der Waals surface area (Å²) in [7, 11) is 0. The van der Waals surface area contributed by atoms with Gasteiger partial charge in [-0.25, -0.2) is 4.79 Å².